The minimum absolute atomic E-state index is 0.106. The SMILES string of the molecule is CCC(C#N)S(=O)(=O)N(CCC(=O)O)c1ccccc1N. The van der Waals surface area contributed by atoms with Gasteiger partial charge >= 0.3 is 5.97 Å². The van der Waals surface area contributed by atoms with Crippen LogP contribution in [-0.4, -0.2) is 31.3 Å². The first-order chi connectivity index (χ1) is 9.84. The highest BCUT2D eigenvalue weighted by molar-refractivity contribution is 7.93. The Balaban J connectivity index is 3.30. The third-order valence-electron chi connectivity index (χ3n) is 2.92. The second-order valence-electron chi connectivity index (χ2n) is 4.35. The number of anilines is 2. The van der Waals surface area contributed by atoms with E-state index in [0.717, 1.165) is 4.31 Å². The van der Waals surface area contributed by atoms with Gasteiger partial charge in [-0.1, -0.05) is 19.1 Å². The van der Waals surface area contributed by atoms with Gasteiger partial charge in [0.2, 0.25) is 0 Å². The summed E-state index contributed by atoms with van der Waals surface area (Å²) in [5, 5.41) is 16.5. The molecule has 3 N–H and O–H groups in total. The van der Waals surface area contributed by atoms with Gasteiger partial charge in [0.1, 0.15) is 0 Å². The molecular weight excluding hydrogens is 294 g/mol. The second-order valence-corrected chi connectivity index (χ2v) is 6.39. The smallest absolute Gasteiger partial charge is 0.305 e. The number of rotatable bonds is 7. The fraction of sp³-hybridized carbons (Fsp3) is 0.385. The highest BCUT2D eigenvalue weighted by atomic mass is 32.2. The molecule has 1 unspecified atom stereocenters. The summed E-state index contributed by atoms with van der Waals surface area (Å²) in [6, 6.07) is 7.98. The Morgan fingerprint density at radius 3 is 2.57 bits per heavy atom. The lowest BCUT2D eigenvalue weighted by molar-refractivity contribution is -0.136. The summed E-state index contributed by atoms with van der Waals surface area (Å²) in [5.74, 6) is -1.13. The van der Waals surface area contributed by atoms with Crippen LogP contribution in [0.15, 0.2) is 24.3 Å². The first-order valence-electron chi connectivity index (χ1n) is 6.32. The standard InChI is InChI=1S/C13H17N3O4S/c1-2-10(9-14)21(19,20)16(8-7-13(17)18)12-6-4-3-5-11(12)15/h3-6,10H,2,7-8,15H2,1H3,(H,17,18). The van der Waals surface area contributed by atoms with Gasteiger partial charge in [-0.05, 0) is 18.6 Å². The zero-order valence-corrected chi connectivity index (χ0v) is 12.4. The molecule has 0 aromatic heterocycles. The Kier molecular flexibility index (Phi) is 5.55. The summed E-state index contributed by atoms with van der Waals surface area (Å²) in [7, 11) is -4.01. The Bertz CT molecular complexity index is 652. The monoisotopic (exact) mass is 311 g/mol. The fourth-order valence-electron chi connectivity index (χ4n) is 1.82. The number of nitrogens with zero attached hydrogens (tertiary/aromatic N) is 2. The molecule has 0 saturated heterocycles. The topological polar surface area (TPSA) is 124 Å². The summed E-state index contributed by atoms with van der Waals surface area (Å²) in [4.78, 5) is 10.7. The Labute approximate surface area is 123 Å². The fourth-order valence-corrected chi connectivity index (χ4v) is 3.47. The van der Waals surface area contributed by atoms with Crippen molar-refractivity contribution in [3.63, 3.8) is 0 Å². The maximum atomic E-state index is 12.5. The van der Waals surface area contributed by atoms with Gasteiger partial charge in [-0.3, -0.25) is 9.10 Å². The first-order valence-corrected chi connectivity index (χ1v) is 7.82. The third kappa shape index (κ3) is 3.86. The molecule has 21 heavy (non-hydrogen) atoms. The van der Waals surface area contributed by atoms with Crippen molar-refractivity contribution in [2.45, 2.75) is 25.0 Å². The summed E-state index contributed by atoms with van der Waals surface area (Å²) in [5.41, 5.74) is 6.17. The minimum atomic E-state index is -4.01. The first kappa shape index (κ1) is 16.8. The van der Waals surface area contributed by atoms with Crippen LogP contribution in [-0.2, 0) is 14.8 Å². The molecule has 0 aliphatic carbocycles. The maximum absolute atomic E-state index is 12.5. The van der Waals surface area contributed by atoms with Crippen LogP contribution in [0.1, 0.15) is 19.8 Å². The van der Waals surface area contributed by atoms with E-state index in [2.05, 4.69) is 0 Å². The second kappa shape index (κ2) is 6.95. The molecule has 1 aromatic rings. The van der Waals surface area contributed by atoms with Crippen molar-refractivity contribution in [3.05, 3.63) is 24.3 Å². The van der Waals surface area contributed by atoms with Gasteiger partial charge in [0, 0.05) is 6.54 Å². The van der Waals surface area contributed by atoms with E-state index in [-0.39, 0.29) is 30.8 Å². The van der Waals surface area contributed by atoms with E-state index in [1.54, 1.807) is 25.1 Å². The number of nitrogens with two attached hydrogens (primary N) is 1. The normalized spacial score (nSPS) is 12.4. The van der Waals surface area contributed by atoms with E-state index in [1.165, 1.54) is 12.1 Å². The summed E-state index contributed by atoms with van der Waals surface area (Å²) in [6.45, 7) is 1.30. The number of carboxylic acids is 1. The van der Waals surface area contributed by atoms with Crippen LogP contribution in [0.4, 0.5) is 11.4 Å². The van der Waals surface area contributed by atoms with Crippen LogP contribution in [0, 0.1) is 11.3 Å². The molecule has 0 amide bonds. The average molecular weight is 311 g/mol. The lowest BCUT2D eigenvalue weighted by Gasteiger charge is -2.26. The van der Waals surface area contributed by atoms with Crippen LogP contribution in [0.3, 0.4) is 0 Å². The minimum Gasteiger partial charge on any atom is -0.481 e. The number of benzene rings is 1. The van der Waals surface area contributed by atoms with Gasteiger partial charge in [-0.2, -0.15) is 5.26 Å². The number of sulfonamides is 1. The van der Waals surface area contributed by atoms with Crippen molar-refractivity contribution in [1.82, 2.24) is 0 Å². The summed E-state index contributed by atoms with van der Waals surface area (Å²) < 4.78 is 25.9. The molecule has 7 nitrogen and oxygen atoms in total. The van der Waals surface area contributed by atoms with E-state index >= 15 is 0 Å². The van der Waals surface area contributed by atoms with Crippen LogP contribution >= 0.6 is 0 Å². The number of nitrogen functional groups attached to an aromatic ring is 1. The number of para-hydroxylation sites is 2. The highest BCUT2D eigenvalue weighted by Gasteiger charge is 2.32. The number of nitriles is 1. The number of hydrogen-bond acceptors (Lipinski definition) is 5. The summed E-state index contributed by atoms with van der Waals surface area (Å²) in [6.07, 6.45) is -0.273. The van der Waals surface area contributed by atoms with Crippen LogP contribution < -0.4 is 10.0 Å². The number of carboxylic acid groups (broad SMARTS) is 1. The van der Waals surface area contributed by atoms with Crippen molar-refractivity contribution in [2.24, 2.45) is 0 Å². The lowest BCUT2D eigenvalue weighted by Crippen LogP contribution is -2.39. The zero-order valence-electron chi connectivity index (χ0n) is 11.6. The van der Waals surface area contributed by atoms with Crippen molar-refractivity contribution < 1.29 is 18.3 Å². The van der Waals surface area contributed by atoms with Crippen LogP contribution in [0.5, 0.6) is 0 Å². The van der Waals surface area contributed by atoms with E-state index in [1.807, 2.05) is 0 Å². The predicted octanol–water partition coefficient (Wildman–Crippen LogP) is 1.18. The largest absolute Gasteiger partial charge is 0.481 e. The van der Waals surface area contributed by atoms with Gasteiger partial charge in [-0.15, -0.1) is 0 Å². The highest BCUT2D eigenvalue weighted by Crippen LogP contribution is 2.27. The van der Waals surface area contributed by atoms with E-state index in [4.69, 9.17) is 16.1 Å². The molecule has 0 aliphatic rings. The number of carbonyl (C=O) groups is 1. The Morgan fingerprint density at radius 2 is 2.10 bits per heavy atom. The van der Waals surface area contributed by atoms with Crippen LogP contribution in [0.25, 0.3) is 0 Å². The molecule has 1 rings (SSSR count). The van der Waals surface area contributed by atoms with Gasteiger partial charge in [-0.25, -0.2) is 8.42 Å². The van der Waals surface area contributed by atoms with Crippen molar-refractivity contribution in [3.8, 4) is 6.07 Å². The maximum Gasteiger partial charge on any atom is 0.305 e. The molecule has 0 radical (unpaired) electrons. The predicted molar refractivity (Wildman–Crippen MR) is 79.1 cm³/mol. The lowest BCUT2D eigenvalue weighted by atomic mass is 10.2. The molecule has 0 aliphatic heterocycles. The van der Waals surface area contributed by atoms with E-state index in [0.29, 0.717) is 0 Å². The van der Waals surface area contributed by atoms with Gasteiger partial charge in [0.15, 0.2) is 5.25 Å². The quantitative estimate of drug-likeness (QED) is 0.728. The molecule has 0 heterocycles. The third-order valence-corrected chi connectivity index (χ3v) is 5.07. The van der Waals surface area contributed by atoms with Crippen molar-refractivity contribution >= 4 is 27.4 Å². The molecule has 114 valence electrons. The Hall–Kier alpha value is -2.27. The molecule has 0 saturated carbocycles. The van der Waals surface area contributed by atoms with E-state index in [9.17, 15) is 13.2 Å². The van der Waals surface area contributed by atoms with Crippen molar-refractivity contribution in [1.29, 1.82) is 5.26 Å². The van der Waals surface area contributed by atoms with Crippen LogP contribution in [0.2, 0.25) is 0 Å². The van der Waals surface area contributed by atoms with E-state index < -0.39 is 21.2 Å². The van der Waals surface area contributed by atoms with Gasteiger partial charge in [0.05, 0.1) is 23.9 Å². The molecule has 1 atom stereocenters. The molecule has 8 heteroatoms. The molecule has 0 bridgehead atoms. The summed E-state index contributed by atoms with van der Waals surface area (Å²) >= 11 is 0. The van der Waals surface area contributed by atoms with Gasteiger partial charge < -0.3 is 10.8 Å². The molecule has 1 aromatic carbocycles. The van der Waals surface area contributed by atoms with Crippen molar-refractivity contribution in [2.75, 3.05) is 16.6 Å². The number of aliphatic carboxylic acids is 1. The molecule has 0 fully saturated rings. The Morgan fingerprint density at radius 1 is 1.48 bits per heavy atom. The average Bonchev–Trinajstić information content (AvgIpc) is 2.41. The van der Waals surface area contributed by atoms with Gasteiger partial charge in [0.25, 0.3) is 10.0 Å². The number of hydrogen-bond donors (Lipinski definition) is 2. The zero-order chi connectivity index (χ0) is 16.0. The molecular formula is C13H17N3O4S. The molecule has 0 spiro atoms.